The van der Waals surface area contributed by atoms with Crippen molar-refractivity contribution in [3.63, 3.8) is 0 Å². The maximum Gasteiger partial charge on any atom is 0.433 e. The largest absolute Gasteiger partial charge is 0.496 e. The average Bonchev–Trinajstić information content (AvgIpc) is 3.52. The molecular formula is C28H26N4O6S. The summed E-state index contributed by atoms with van der Waals surface area (Å²) in [7, 11) is 1.56. The van der Waals surface area contributed by atoms with Crippen LogP contribution >= 0.6 is 11.3 Å². The topological polar surface area (TPSA) is 120 Å². The van der Waals surface area contributed by atoms with Crippen molar-refractivity contribution < 1.29 is 18.9 Å². The van der Waals surface area contributed by atoms with Crippen molar-refractivity contribution in [3.8, 4) is 5.75 Å². The second kappa shape index (κ2) is 10.3. The fourth-order valence-corrected chi connectivity index (χ4v) is 5.96. The van der Waals surface area contributed by atoms with Gasteiger partial charge in [-0.2, -0.15) is 0 Å². The van der Waals surface area contributed by atoms with Crippen molar-refractivity contribution in [2.75, 3.05) is 20.2 Å². The summed E-state index contributed by atoms with van der Waals surface area (Å²) in [6.07, 6.45) is 1.46. The fourth-order valence-electron chi connectivity index (χ4n) is 4.93. The van der Waals surface area contributed by atoms with Crippen molar-refractivity contribution in [2.45, 2.75) is 26.8 Å². The lowest BCUT2D eigenvalue weighted by molar-refractivity contribution is -0.402. The van der Waals surface area contributed by atoms with E-state index in [4.69, 9.17) is 9.15 Å². The maximum atomic E-state index is 14.0. The van der Waals surface area contributed by atoms with Gasteiger partial charge in [-0.15, -0.1) is 0 Å². The molecule has 0 aliphatic carbocycles. The number of aromatic nitrogens is 1. The smallest absolute Gasteiger partial charge is 0.433 e. The highest BCUT2D eigenvalue weighted by molar-refractivity contribution is 7.07. The highest BCUT2D eigenvalue weighted by atomic mass is 32.1. The summed E-state index contributed by atoms with van der Waals surface area (Å²) >= 11 is 1.13. The number of amides is 1. The van der Waals surface area contributed by atoms with Crippen LogP contribution in [-0.2, 0) is 4.79 Å². The minimum Gasteiger partial charge on any atom is -0.496 e. The SMILES string of the molecule is CCN(CC)C(=O)C1=C(C)N=c2s/c(=C/c3ccc([N+](=O)[O-])o3)c(=O)n2[C@H]1c1c(OC)ccc2ccccc12. The van der Waals surface area contributed by atoms with Crippen LogP contribution in [0.1, 0.15) is 38.1 Å². The van der Waals surface area contributed by atoms with Gasteiger partial charge in [0.25, 0.3) is 11.5 Å². The van der Waals surface area contributed by atoms with Crippen LogP contribution in [0.2, 0.25) is 0 Å². The highest BCUT2D eigenvalue weighted by Gasteiger charge is 2.36. The molecule has 10 nitrogen and oxygen atoms in total. The zero-order chi connectivity index (χ0) is 27.8. The van der Waals surface area contributed by atoms with Crippen molar-refractivity contribution >= 4 is 40.0 Å². The lowest BCUT2D eigenvalue weighted by atomic mass is 9.90. The normalized spacial score (nSPS) is 15.3. The van der Waals surface area contributed by atoms with Gasteiger partial charge in [0.2, 0.25) is 0 Å². The zero-order valence-electron chi connectivity index (χ0n) is 21.8. The quantitative estimate of drug-likeness (QED) is 0.257. The summed E-state index contributed by atoms with van der Waals surface area (Å²) in [6.45, 7) is 6.57. The Labute approximate surface area is 226 Å². The Bertz CT molecular complexity index is 1830. The number of allylic oxidation sites excluding steroid dienone is 1. The van der Waals surface area contributed by atoms with E-state index in [0.29, 0.717) is 40.5 Å². The first-order chi connectivity index (χ1) is 18.8. The number of nitrogens with zero attached hydrogens (tertiary/aromatic N) is 4. The predicted octanol–water partition coefficient (Wildman–Crippen LogP) is 3.77. The van der Waals surface area contributed by atoms with E-state index in [1.807, 2.05) is 50.2 Å². The fraction of sp³-hybridized carbons (Fsp3) is 0.250. The third-order valence-electron chi connectivity index (χ3n) is 6.79. The number of ether oxygens (including phenoxy) is 1. The lowest BCUT2D eigenvalue weighted by Gasteiger charge is -2.30. The summed E-state index contributed by atoms with van der Waals surface area (Å²) in [5.74, 6) is 0.0726. The Kier molecular flexibility index (Phi) is 6.92. The Balaban J connectivity index is 1.83. The molecule has 3 heterocycles. The van der Waals surface area contributed by atoms with Crippen LogP contribution in [0.3, 0.4) is 0 Å². The van der Waals surface area contributed by atoms with E-state index in [-0.39, 0.29) is 16.2 Å². The number of hydrogen-bond acceptors (Lipinski definition) is 8. The molecule has 4 aromatic rings. The molecule has 1 amide bonds. The van der Waals surface area contributed by atoms with Crippen molar-refractivity contribution in [1.82, 2.24) is 9.47 Å². The van der Waals surface area contributed by atoms with Gasteiger partial charge in [0, 0.05) is 24.7 Å². The molecule has 2 aromatic carbocycles. The molecule has 1 aliphatic heterocycles. The standard InChI is InChI=1S/C28H26N4O6S/c1-5-30(6-2)27(34)23-16(3)29-28-31(26(33)21(39-28)15-18-12-14-22(38-18)32(35)36)25(23)24-19-10-8-7-9-17(19)11-13-20(24)37-4/h7-15,25H,5-6H2,1-4H3/b21-15+/t25-/m1/s1. The molecule has 0 unspecified atom stereocenters. The van der Waals surface area contributed by atoms with Crippen LogP contribution in [0.25, 0.3) is 16.8 Å². The number of furan rings is 1. The number of nitro groups is 1. The number of thiazole rings is 1. The van der Waals surface area contributed by atoms with Crippen molar-refractivity contribution in [1.29, 1.82) is 0 Å². The molecule has 0 saturated heterocycles. The lowest BCUT2D eigenvalue weighted by Crippen LogP contribution is -2.43. The van der Waals surface area contributed by atoms with E-state index >= 15 is 0 Å². The zero-order valence-corrected chi connectivity index (χ0v) is 22.7. The summed E-state index contributed by atoms with van der Waals surface area (Å²) < 4.78 is 12.8. The van der Waals surface area contributed by atoms with E-state index < -0.39 is 22.4 Å². The maximum absolute atomic E-state index is 14.0. The number of carbonyl (C=O) groups excluding carboxylic acids is 1. The van der Waals surface area contributed by atoms with Crippen molar-refractivity contribution in [3.05, 3.63) is 101 Å². The van der Waals surface area contributed by atoms with Crippen LogP contribution in [0, 0.1) is 10.1 Å². The van der Waals surface area contributed by atoms with Crippen molar-refractivity contribution in [2.24, 2.45) is 4.99 Å². The van der Waals surface area contributed by atoms with Gasteiger partial charge >= 0.3 is 5.88 Å². The molecule has 0 radical (unpaired) electrons. The van der Waals surface area contributed by atoms with Crippen LogP contribution in [0.4, 0.5) is 5.88 Å². The predicted molar refractivity (Wildman–Crippen MR) is 148 cm³/mol. The molecule has 1 atom stereocenters. The van der Waals surface area contributed by atoms with E-state index in [1.165, 1.54) is 22.8 Å². The molecule has 1 aliphatic rings. The number of carbonyl (C=O) groups is 1. The number of fused-ring (bicyclic) bond motifs is 2. The molecule has 0 bridgehead atoms. The van der Waals surface area contributed by atoms with Gasteiger partial charge in [-0.3, -0.25) is 24.3 Å². The number of rotatable bonds is 7. The van der Waals surface area contributed by atoms with Gasteiger partial charge in [0.1, 0.15) is 22.5 Å². The molecule has 0 spiro atoms. The first kappa shape index (κ1) is 26.1. The second-order valence-corrected chi connectivity index (χ2v) is 9.90. The molecule has 0 saturated carbocycles. The monoisotopic (exact) mass is 546 g/mol. The number of hydrogen-bond donors (Lipinski definition) is 0. The summed E-state index contributed by atoms with van der Waals surface area (Å²) in [4.78, 5) is 45.1. The van der Waals surface area contributed by atoms with E-state index in [9.17, 15) is 19.7 Å². The van der Waals surface area contributed by atoms with Crippen LogP contribution in [-0.4, -0.2) is 40.5 Å². The van der Waals surface area contributed by atoms with Crippen LogP contribution in [0.15, 0.2) is 74.0 Å². The van der Waals surface area contributed by atoms with Gasteiger partial charge in [-0.25, -0.2) is 4.99 Å². The van der Waals surface area contributed by atoms with Crippen LogP contribution < -0.4 is 19.6 Å². The van der Waals surface area contributed by atoms with Gasteiger partial charge in [-0.1, -0.05) is 41.7 Å². The van der Waals surface area contributed by atoms with Gasteiger partial charge in [-0.05, 0) is 43.7 Å². The summed E-state index contributed by atoms with van der Waals surface area (Å²) in [5, 5.41) is 12.8. The minimum absolute atomic E-state index is 0.168. The molecular weight excluding hydrogens is 520 g/mol. The average molecular weight is 547 g/mol. The van der Waals surface area contributed by atoms with Crippen LogP contribution in [0.5, 0.6) is 5.75 Å². The molecule has 2 aromatic heterocycles. The van der Waals surface area contributed by atoms with Gasteiger partial charge in [0.15, 0.2) is 4.80 Å². The van der Waals surface area contributed by atoms with E-state index in [1.54, 1.807) is 18.9 Å². The van der Waals surface area contributed by atoms with Gasteiger partial charge < -0.3 is 14.1 Å². The third-order valence-corrected chi connectivity index (χ3v) is 7.78. The van der Waals surface area contributed by atoms with E-state index in [2.05, 4.69) is 4.99 Å². The highest BCUT2D eigenvalue weighted by Crippen LogP contribution is 2.40. The van der Waals surface area contributed by atoms with Gasteiger partial charge in [0.05, 0.1) is 29.0 Å². The molecule has 39 heavy (non-hydrogen) atoms. The molecule has 0 fully saturated rings. The first-order valence-electron chi connectivity index (χ1n) is 12.4. The number of likely N-dealkylation sites (N-methyl/N-ethyl adjacent to an activating group) is 1. The molecule has 0 N–H and O–H groups in total. The minimum atomic E-state index is -0.816. The number of methoxy groups -OCH3 is 1. The molecule has 11 heteroatoms. The Morgan fingerprint density at radius 2 is 1.95 bits per heavy atom. The summed E-state index contributed by atoms with van der Waals surface area (Å²) in [5.41, 5.74) is 1.19. The summed E-state index contributed by atoms with van der Waals surface area (Å²) in [6, 6.07) is 13.4. The number of benzene rings is 2. The molecule has 5 rings (SSSR count). The third kappa shape index (κ3) is 4.44. The second-order valence-electron chi connectivity index (χ2n) is 8.89. The first-order valence-corrected chi connectivity index (χ1v) is 13.2. The Hall–Kier alpha value is -4.51. The Morgan fingerprint density at radius 1 is 1.21 bits per heavy atom. The molecule has 200 valence electrons. The Morgan fingerprint density at radius 3 is 2.62 bits per heavy atom. The van der Waals surface area contributed by atoms with E-state index in [0.717, 1.165) is 22.1 Å².